The lowest BCUT2D eigenvalue weighted by atomic mass is 10.2. The van der Waals surface area contributed by atoms with E-state index in [0.29, 0.717) is 12.1 Å². The Labute approximate surface area is 196 Å². The van der Waals surface area contributed by atoms with Crippen LogP contribution in [-0.4, -0.2) is 16.8 Å². The Bertz CT molecular complexity index is 1390. The summed E-state index contributed by atoms with van der Waals surface area (Å²) in [5, 5.41) is 0.156. The van der Waals surface area contributed by atoms with Crippen molar-refractivity contribution in [2.75, 3.05) is 9.44 Å². The molecule has 0 aliphatic heterocycles. The highest BCUT2D eigenvalue weighted by Crippen LogP contribution is 2.36. The summed E-state index contributed by atoms with van der Waals surface area (Å²) in [6.07, 6.45) is -5.01. The average Bonchev–Trinajstić information content (AvgIpc) is 2.68. The Balaban J connectivity index is 1.85. The minimum Gasteiger partial charge on any atom is -0.280 e. The van der Waals surface area contributed by atoms with Gasteiger partial charge in [-0.1, -0.05) is 23.2 Å². The highest BCUT2D eigenvalue weighted by Gasteiger charge is 2.35. The molecule has 0 spiro atoms. The number of halogens is 6. The number of benzene rings is 3. The fraction of sp³-hybridized carbons (Fsp3) is 0.0526. The van der Waals surface area contributed by atoms with Crippen molar-refractivity contribution in [2.24, 2.45) is 0 Å². The van der Waals surface area contributed by atoms with E-state index in [1.165, 1.54) is 6.07 Å². The van der Waals surface area contributed by atoms with Crippen LogP contribution in [0, 0.1) is 5.82 Å². The van der Waals surface area contributed by atoms with Gasteiger partial charge >= 0.3 is 6.18 Å². The third-order valence-corrected chi connectivity index (χ3v) is 7.27. The SMILES string of the molecule is O=S(=O)(Nc1ccc(S(=O)(=O)Nc2ccc(F)cc2C(F)(F)F)cc1)c1cc(Cl)cc(Cl)c1. The zero-order valence-corrected chi connectivity index (χ0v) is 19.1. The molecule has 0 aliphatic carbocycles. The van der Waals surface area contributed by atoms with Gasteiger partial charge in [0.05, 0.1) is 21.0 Å². The fourth-order valence-electron chi connectivity index (χ4n) is 2.64. The number of hydrogen-bond donors (Lipinski definition) is 2. The molecule has 0 aliphatic rings. The largest absolute Gasteiger partial charge is 0.418 e. The predicted molar refractivity (Wildman–Crippen MR) is 116 cm³/mol. The average molecular weight is 543 g/mol. The molecular formula is C19H12Cl2F4N2O4S2. The molecule has 3 rings (SSSR count). The first-order chi connectivity index (χ1) is 15.2. The Morgan fingerprint density at radius 3 is 1.79 bits per heavy atom. The second-order valence-corrected chi connectivity index (χ2v) is 10.8. The highest BCUT2D eigenvalue weighted by atomic mass is 35.5. The number of nitrogens with one attached hydrogen (secondary N) is 2. The van der Waals surface area contributed by atoms with Crippen molar-refractivity contribution in [1.29, 1.82) is 0 Å². The van der Waals surface area contributed by atoms with Gasteiger partial charge in [-0.15, -0.1) is 0 Å². The van der Waals surface area contributed by atoms with Crippen LogP contribution >= 0.6 is 23.2 Å². The van der Waals surface area contributed by atoms with Crippen LogP contribution in [0.25, 0.3) is 0 Å². The summed E-state index contributed by atoms with van der Waals surface area (Å²) in [6, 6.07) is 9.25. The molecule has 0 heterocycles. The minimum absolute atomic E-state index is 0.0391. The molecule has 176 valence electrons. The first-order valence-corrected chi connectivity index (χ1v) is 12.4. The van der Waals surface area contributed by atoms with Gasteiger partial charge in [0, 0.05) is 15.7 Å². The molecular weight excluding hydrogens is 531 g/mol. The Kier molecular flexibility index (Phi) is 6.85. The molecule has 2 N–H and O–H groups in total. The fourth-order valence-corrected chi connectivity index (χ4v) is 5.51. The Morgan fingerprint density at radius 2 is 1.24 bits per heavy atom. The van der Waals surface area contributed by atoms with Crippen molar-refractivity contribution in [3.8, 4) is 0 Å². The number of rotatable bonds is 6. The second kappa shape index (κ2) is 9.01. The van der Waals surface area contributed by atoms with E-state index < -0.39 is 48.2 Å². The lowest BCUT2D eigenvalue weighted by molar-refractivity contribution is -0.137. The third-order valence-electron chi connectivity index (χ3n) is 4.09. The van der Waals surface area contributed by atoms with Gasteiger partial charge in [0.2, 0.25) is 0 Å². The highest BCUT2D eigenvalue weighted by molar-refractivity contribution is 7.93. The van der Waals surface area contributed by atoms with Crippen molar-refractivity contribution in [2.45, 2.75) is 16.0 Å². The van der Waals surface area contributed by atoms with Crippen LogP contribution in [0.5, 0.6) is 0 Å². The van der Waals surface area contributed by atoms with E-state index in [9.17, 15) is 34.4 Å². The van der Waals surface area contributed by atoms with Crippen molar-refractivity contribution in [3.63, 3.8) is 0 Å². The number of hydrogen-bond acceptors (Lipinski definition) is 4. The van der Waals surface area contributed by atoms with Crippen molar-refractivity contribution in [1.82, 2.24) is 0 Å². The van der Waals surface area contributed by atoms with E-state index in [1.54, 1.807) is 4.72 Å². The normalized spacial score (nSPS) is 12.4. The molecule has 0 bridgehead atoms. The lowest BCUT2D eigenvalue weighted by Crippen LogP contribution is -2.17. The van der Waals surface area contributed by atoms with Crippen LogP contribution in [0.15, 0.2) is 70.5 Å². The number of sulfonamides is 2. The summed E-state index contributed by atoms with van der Waals surface area (Å²) in [7, 11) is -8.64. The van der Waals surface area contributed by atoms with E-state index in [1.807, 2.05) is 0 Å². The van der Waals surface area contributed by atoms with Gasteiger partial charge < -0.3 is 0 Å². The molecule has 0 radical (unpaired) electrons. The van der Waals surface area contributed by atoms with Crippen LogP contribution in [0.3, 0.4) is 0 Å². The molecule has 6 nitrogen and oxygen atoms in total. The molecule has 0 unspecified atom stereocenters. The first kappa shape index (κ1) is 25.1. The van der Waals surface area contributed by atoms with Gasteiger partial charge in [-0.25, -0.2) is 21.2 Å². The summed E-state index contributed by atoms with van der Waals surface area (Å²) in [5.74, 6) is -1.19. The van der Waals surface area contributed by atoms with E-state index in [0.717, 1.165) is 36.4 Å². The van der Waals surface area contributed by atoms with E-state index in [2.05, 4.69) is 4.72 Å². The second-order valence-electron chi connectivity index (χ2n) is 6.53. The van der Waals surface area contributed by atoms with Gasteiger partial charge in [-0.2, -0.15) is 13.2 Å². The molecule has 0 amide bonds. The Hall–Kier alpha value is -2.54. The first-order valence-electron chi connectivity index (χ1n) is 8.66. The van der Waals surface area contributed by atoms with Gasteiger partial charge in [0.15, 0.2) is 0 Å². The standard InChI is InChI=1S/C19H12Cl2F4N2O4S2/c20-11-7-12(21)9-16(8-11)33(30,31)26-14-2-4-15(5-3-14)32(28,29)27-18-6-1-13(22)10-17(18)19(23,24)25/h1-10,26-27H. The molecule has 33 heavy (non-hydrogen) atoms. The quantitative estimate of drug-likeness (QED) is 0.387. The van der Waals surface area contributed by atoms with Gasteiger partial charge in [0.1, 0.15) is 5.82 Å². The molecule has 0 saturated carbocycles. The van der Waals surface area contributed by atoms with Crippen molar-refractivity contribution >= 4 is 54.6 Å². The molecule has 0 saturated heterocycles. The predicted octanol–water partition coefficient (Wildman–Crippen LogP) is 5.75. The topological polar surface area (TPSA) is 92.3 Å². The van der Waals surface area contributed by atoms with E-state index in [-0.39, 0.29) is 26.7 Å². The number of anilines is 2. The van der Waals surface area contributed by atoms with Crippen LogP contribution in [-0.2, 0) is 26.2 Å². The van der Waals surface area contributed by atoms with Gasteiger partial charge in [-0.3, -0.25) is 9.44 Å². The van der Waals surface area contributed by atoms with Gasteiger partial charge in [0.25, 0.3) is 20.0 Å². The summed E-state index contributed by atoms with van der Waals surface area (Å²) in [4.78, 5) is -0.706. The van der Waals surface area contributed by atoms with E-state index >= 15 is 0 Å². The maximum atomic E-state index is 13.2. The molecule has 0 fully saturated rings. The van der Waals surface area contributed by atoms with Crippen LogP contribution < -0.4 is 9.44 Å². The molecule has 14 heteroatoms. The summed E-state index contributed by atoms with van der Waals surface area (Å²) in [6.45, 7) is 0. The smallest absolute Gasteiger partial charge is 0.280 e. The Morgan fingerprint density at radius 1 is 0.697 bits per heavy atom. The molecule has 3 aromatic rings. The van der Waals surface area contributed by atoms with Crippen molar-refractivity contribution < 1.29 is 34.4 Å². The molecule has 0 atom stereocenters. The summed E-state index contributed by atoms with van der Waals surface area (Å²) in [5.41, 5.74) is -2.41. The van der Waals surface area contributed by atoms with Crippen molar-refractivity contribution in [3.05, 3.63) is 82.1 Å². The maximum Gasteiger partial charge on any atom is 0.418 e. The third kappa shape index (κ3) is 6.08. The van der Waals surface area contributed by atoms with E-state index in [4.69, 9.17) is 23.2 Å². The maximum absolute atomic E-state index is 13.2. The van der Waals surface area contributed by atoms with Crippen LogP contribution in [0.4, 0.5) is 28.9 Å². The molecule has 0 aromatic heterocycles. The zero-order chi connectivity index (χ0) is 24.6. The zero-order valence-electron chi connectivity index (χ0n) is 16.0. The van der Waals surface area contributed by atoms with Crippen LogP contribution in [0.2, 0.25) is 10.0 Å². The number of alkyl halides is 3. The summed E-state index contributed by atoms with van der Waals surface area (Å²) < 4.78 is 107. The van der Waals surface area contributed by atoms with Gasteiger partial charge in [-0.05, 0) is 60.7 Å². The molecule has 3 aromatic carbocycles. The lowest BCUT2D eigenvalue weighted by Gasteiger charge is -2.15. The monoisotopic (exact) mass is 542 g/mol. The minimum atomic E-state index is -5.01. The van der Waals surface area contributed by atoms with Crippen LogP contribution in [0.1, 0.15) is 5.56 Å². The summed E-state index contributed by atoms with van der Waals surface area (Å²) >= 11 is 11.6.